The highest BCUT2D eigenvalue weighted by Crippen LogP contribution is 2.18. The number of thioether (sulfide) groups is 1. The lowest BCUT2D eigenvalue weighted by Crippen LogP contribution is -2.39. The van der Waals surface area contributed by atoms with Gasteiger partial charge in [0.1, 0.15) is 0 Å². The zero-order valence-corrected chi connectivity index (χ0v) is 17.9. The maximum atomic E-state index is 12.7. The number of likely N-dealkylation sites (tertiary alicyclic amines) is 1. The number of aryl methyl sites for hydroxylation is 2. The van der Waals surface area contributed by atoms with Gasteiger partial charge >= 0.3 is 5.69 Å². The molecule has 1 saturated heterocycles. The van der Waals surface area contributed by atoms with Crippen molar-refractivity contribution in [2.45, 2.75) is 30.8 Å². The van der Waals surface area contributed by atoms with Crippen LogP contribution in [0, 0.1) is 0 Å². The molecular formula is C20H24N6O3S. The van der Waals surface area contributed by atoms with Gasteiger partial charge < -0.3 is 9.47 Å². The van der Waals surface area contributed by atoms with Crippen LogP contribution in [0.3, 0.4) is 0 Å². The standard InChI is InChI=1S/C20H24N6O3S/c1-23-13-22-17-16(23)19(28)26(20(29)24(17)2)10-5-11-30-15-7-6-14(12-21-15)18(27)25-8-3-4-9-25/h6-7,12-13H,3-5,8-11H2,1-2H3. The monoisotopic (exact) mass is 428 g/mol. The van der Waals surface area contributed by atoms with Gasteiger partial charge in [-0.15, -0.1) is 11.8 Å². The highest BCUT2D eigenvalue weighted by atomic mass is 32.2. The Bertz CT molecular complexity index is 1190. The van der Waals surface area contributed by atoms with Crippen molar-refractivity contribution in [3.05, 3.63) is 51.1 Å². The lowest BCUT2D eigenvalue weighted by molar-refractivity contribution is 0.0792. The first-order valence-electron chi connectivity index (χ1n) is 9.96. The summed E-state index contributed by atoms with van der Waals surface area (Å²) in [4.78, 5) is 48.0. The van der Waals surface area contributed by atoms with E-state index in [4.69, 9.17) is 0 Å². The molecule has 0 spiro atoms. The predicted octanol–water partition coefficient (Wildman–Crippen LogP) is 1.25. The Morgan fingerprint density at radius 1 is 1.13 bits per heavy atom. The van der Waals surface area contributed by atoms with Gasteiger partial charge in [0.05, 0.1) is 16.9 Å². The summed E-state index contributed by atoms with van der Waals surface area (Å²) in [5, 5.41) is 0.815. The minimum absolute atomic E-state index is 0.0392. The van der Waals surface area contributed by atoms with Gasteiger partial charge in [0.15, 0.2) is 11.2 Å². The molecule has 3 aromatic heterocycles. The molecule has 1 amide bonds. The first-order valence-corrected chi connectivity index (χ1v) is 10.9. The molecule has 0 radical (unpaired) electrons. The molecule has 158 valence electrons. The van der Waals surface area contributed by atoms with Crippen LogP contribution in [-0.4, -0.2) is 53.3 Å². The van der Waals surface area contributed by atoms with Gasteiger partial charge in [-0.1, -0.05) is 0 Å². The van der Waals surface area contributed by atoms with Gasteiger partial charge in [0.25, 0.3) is 11.5 Å². The SMILES string of the molecule is Cn1cnc2c1c(=O)n(CCCSc1ccc(C(=O)N3CCCC3)cn1)c(=O)n2C. The van der Waals surface area contributed by atoms with Crippen LogP contribution in [0.5, 0.6) is 0 Å². The van der Waals surface area contributed by atoms with Gasteiger partial charge in [0.2, 0.25) is 0 Å². The average Bonchev–Trinajstić information content (AvgIpc) is 3.42. The van der Waals surface area contributed by atoms with Crippen molar-refractivity contribution >= 4 is 28.8 Å². The second-order valence-corrected chi connectivity index (χ2v) is 8.53. The summed E-state index contributed by atoms with van der Waals surface area (Å²) < 4.78 is 4.30. The molecule has 1 aliphatic heterocycles. The lowest BCUT2D eigenvalue weighted by atomic mass is 10.2. The topological polar surface area (TPSA) is 95.0 Å². The fourth-order valence-corrected chi connectivity index (χ4v) is 4.46. The van der Waals surface area contributed by atoms with Crippen LogP contribution in [0.25, 0.3) is 11.2 Å². The Hall–Kier alpha value is -2.88. The summed E-state index contributed by atoms with van der Waals surface area (Å²) in [7, 11) is 3.36. The average molecular weight is 429 g/mol. The Balaban J connectivity index is 1.37. The van der Waals surface area contributed by atoms with E-state index in [9.17, 15) is 14.4 Å². The highest BCUT2D eigenvalue weighted by Gasteiger charge is 2.19. The molecule has 1 aliphatic rings. The van der Waals surface area contributed by atoms with Crippen molar-refractivity contribution in [1.29, 1.82) is 0 Å². The van der Waals surface area contributed by atoms with E-state index in [2.05, 4.69) is 9.97 Å². The molecule has 9 nitrogen and oxygen atoms in total. The van der Waals surface area contributed by atoms with Crippen molar-refractivity contribution in [2.75, 3.05) is 18.8 Å². The number of nitrogens with zero attached hydrogens (tertiary/aromatic N) is 6. The smallest absolute Gasteiger partial charge is 0.332 e. The largest absolute Gasteiger partial charge is 0.339 e. The van der Waals surface area contributed by atoms with E-state index < -0.39 is 0 Å². The summed E-state index contributed by atoms with van der Waals surface area (Å²) in [6, 6.07) is 3.66. The fourth-order valence-electron chi connectivity index (χ4n) is 3.69. The molecule has 0 N–H and O–H groups in total. The Labute approximate surface area is 177 Å². The quantitative estimate of drug-likeness (QED) is 0.433. The van der Waals surface area contributed by atoms with E-state index in [1.54, 1.807) is 24.9 Å². The number of hydrogen-bond acceptors (Lipinski definition) is 6. The number of amides is 1. The van der Waals surface area contributed by atoms with Crippen molar-refractivity contribution < 1.29 is 4.79 Å². The van der Waals surface area contributed by atoms with Gasteiger partial charge in [-0.05, 0) is 31.4 Å². The van der Waals surface area contributed by atoms with E-state index in [0.717, 1.165) is 31.0 Å². The van der Waals surface area contributed by atoms with E-state index in [1.807, 2.05) is 17.0 Å². The van der Waals surface area contributed by atoms with Crippen LogP contribution < -0.4 is 11.2 Å². The number of fused-ring (bicyclic) bond motifs is 1. The molecule has 0 unspecified atom stereocenters. The van der Waals surface area contributed by atoms with Gasteiger partial charge in [-0.3, -0.25) is 18.7 Å². The second-order valence-electron chi connectivity index (χ2n) is 7.41. The van der Waals surface area contributed by atoms with Gasteiger partial charge in [-0.25, -0.2) is 14.8 Å². The fraction of sp³-hybridized carbons (Fsp3) is 0.450. The number of aromatic nitrogens is 5. The third kappa shape index (κ3) is 3.79. The number of carbonyl (C=O) groups excluding carboxylic acids is 1. The van der Waals surface area contributed by atoms with Crippen LogP contribution >= 0.6 is 11.8 Å². The Kier molecular flexibility index (Phi) is 5.76. The van der Waals surface area contributed by atoms with E-state index in [-0.39, 0.29) is 17.2 Å². The first-order chi connectivity index (χ1) is 14.5. The number of imidazole rings is 1. The number of carbonyl (C=O) groups is 1. The van der Waals surface area contributed by atoms with E-state index in [1.165, 1.54) is 27.2 Å². The maximum absolute atomic E-state index is 12.7. The van der Waals surface area contributed by atoms with Crippen molar-refractivity contribution in [3.8, 4) is 0 Å². The van der Waals surface area contributed by atoms with Crippen molar-refractivity contribution in [3.63, 3.8) is 0 Å². The normalized spacial score (nSPS) is 14.0. The number of pyridine rings is 1. The molecule has 4 rings (SSSR count). The minimum Gasteiger partial charge on any atom is -0.339 e. The summed E-state index contributed by atoms with van der Waals surface area (Å²) >= 11 is 1.54. The molecule has 0 bridgehead atoms. The molecule has 0 aromatic carbocycles. The molecule has 1 fully saturated rings. The summed E-state index contributed by atoms with van der Waals surface area (Å²) in [6.07, 6.45) is 5.92. The maximum Gasteiger partial charge on any atom is 0.332 e. The van der Waals surface area contributed by atoms with Gasteiger partial charge in [-0.2, -0.15) is 0 Å². The van der Waals surface area contributed by atoms with Crippen LogP contribution in [0.2, 0.25) is 0 Å². The minimum atomic E-state index is -0.362. The van der Waals surface area contributed by atoms with Crippen molar-refractivity contribution in [1.82, 2.24) is 28.6 Å². The molecule has 10 heteroatoms. The molecule has 0 aliphatic carbocycles. The molecule has 0 saturated carbocycles. The summed E-state index contributed by atoms with van der Waals surface area (Å²) in [5.41, 5.74) is 0.747. The molecular weight excluding hydrogens is 404 g/mol. The third-order valence-corrected chi connectivity index (χ3v) is 6.38. The zero-order chi connectivity index (χ0) is 21.3. The Morgan fingerprint density at radius 3 is 2.60 bits per heavy atom. The number of rotatable bonds is 6. The number of hydrogen-bond donors (Lipinski definition) is 0. The van der Waals surface area contributed by atoms with Crippen LogP contribution in [-0.2, 0) is 20.6 Å². The predicted molar refractivity (Wildman–Crippen MR) is 115 cm³/mol. The highest BCUT2D eigenvalue weighted by molar-refractivity contribution is 7.99. The van der Waals surface area contributed by atoms with Crippen LogP contribution in [0.15, 0.2) is 39.3 Å². The molecule has 0 atom stereocenters. The first kappa shape index (κ1) is 20.4. The summed E-state index contributed by atoms with van der Waals surface area (Å²) in [6.45, 7) is 1.96. The van der Waals surface area contributed by atoms with Crippen LogP contribution in [0.4, 0.5) is 0 Å². The molecule has 4 heterocycles. The van der Waals surface area contributed by atoms with E-state index >= 15 is 0 Å². The second kappa shape index (κ2) is 8.47. The third-order valence-electron chi connectivity index (χ3n) is 5.35. The van der Waals surface area contributed by atoms with Crippen molar-refractivity contribution in [2.24, 2.45) is 14.1 Å². The van der Waals surface area contributed by atoms with E-state index in [0.29, 0.717) is 35.4 Å². The zero-order valence-electron chi connectivity index (χ0n) is 17.1. The van der Waals surface area contributed by atoms with Crippen LogP contribution in [0.1, 0.15) is 29.6 Å². The molecule has 30 heavy (non-hydrogen) atoms. The summed E-state index contributed by atoms with van der Waals surface area (Å²) in [5.74, 6) is 0.739. The lowest BCUT2D eigenvalue weighted by Gasteiger charge is -2.14. The molecule has 3 aromatic rings. The Morgan fingerprint density at radius 2 is 1.90 bits per heavy atom. The van der Waals surface area contributed by atoms with Gasteiger partial charge in [0, 0.05) is 45.7 Å².